The van der Waals surface area contributed by atoms with Gasteiger partial charge in [-0.25, -0.2) is 9.67 Å². The molecule has 0 saturated heterocycles. The van der Waals surface area contributed by atoms with Crippen molar-refractivity contribution in [1.29, 1.82) is 5.26 Å². The summed E-state index contributed by atoms with van der Waals surface area (Å²) in [6.07, 6.45) is 6.34. The molecule has 6 nitrogen and oxygen atoms in total. The molecular weight excluding hydrogens is 326 g/mol. The lowest BCUT2D eigenvalue weighted by molar-refractivity contribution is 0.0932. The monoisotopic (exact) mass is 343 g/mol. The Labute approximate surface area is 151 Å². The van der Waals surface area contributed by atoms with E-state index in [-0.39, 0.29) is 11.9 Å². The van der Waals surface area contributed by atoms with Crippen molar-refractivity contribution >= 4 is 5.91 Å². The van der Waals surface area contributed by atoms with Crippen LogP contribution in [0.4, 0.5) is 0 Å². The molecule has 0 spiro atoms. The normalized spacial score (nSPS) is 15.7. The van der Waals surface area contributed by atoms with Crippen LogP contribution in [0.25, 0.3) is 5.82 Å². The molecular formula is C20H17N5O. The Bertz CT molecular complexity index is 970. The average Bonchev–Trinajstić information content (AvgIpc) is 3.14. The van der Waals surface area contributed by atoms with Crippen LogP contribution in [-0.4, -0.2) is 20.7 Å². The number of aromatic nitrogens is 3. The second kappa shape index (κ2) is 6.81. The fourth-order valence-electron chi connectivity index (χ4n) is 3.32. The van der Waals surface area contributed by atoms with Crippen LogP contribution in [-0.2, 0) is 6.42 Å². The highest BCUT2D eigenvalue weighted by Crippen LogP contribution is 2.31. The molecule has 0 saturated carbocycles. The first-order chi connectivity index (χ1) is 12.8. The molecule has 2 heterocycles. The van der Waals surface area contributed by atoms with Crippen molar-refractivity contribution in [3.8, 4) is 11.9 Å². The largest absolute Gasteiger partial charge is 0.345 e. The number of benzene rings is 1. The minimum absolute atomic E-state index is 0.0700. The quantitative estimate of drug-likeness (QED) is 0.792. The van der Waals surface area contributed by atoms with Gasteiger partial charge in [-0.1, -0.05) is 6.07 Å². The Balaban J connectivity index is 1.57. The molecule has 1 amide bonds. The first kappa shape index (κ1) is 16.0. The Kier molecular flexibility index (Phi) is 4.20. The number of nitrogens with one attached hydrogen (secondary N) is 1. The minimum Gasteiger partial charge on any atom is -0.345 e. The van der Waals surface area contributed by atoms with Gasteiger partial charge in [0.2, 0.25) is 0 Å². The molecule has 0 fully saturated rings. The van der Waals surface area contributed by atoms with Crippen molar-refractivity contribution in [2.75, 3.05) is 0 Å². The maximum atomic E-state index is 12.6. The smallest absolute Gasteiger partial charge is 0.251 e. The topological polar surface area (TPSA) is 83.6 Å². The third-order valence-corrected chi connectivity index (χ3v) is 4.63. The van der Waals surface area contributed by atoms with E-state index in [1.165, 1.54) is 0 Å². The van der Waals surface area contributed by atoms with Crippen molar-refractivity contribution in [1.82, 2.24) is 20.1 Å². The molecule has 0 unspecified atom stereocenters. The number of rotatable bonds is 3. The van der Waals surface area contributed by atoms with Crippen LogP contribution in [0, 0.1) is 11.3 Å². The van der Waals surface area contributed by atoms with Gasteiger partial charge in [-0.2, -0.15) is 10.4 Å². The fourth-order valence-corrected chi connectivity index (χ4v) is 3.32. The maximum Gasteiger partial charge on any atom is 0.251 e. The van der Waals surface area contributed by atoms with Gasteiger partial charge in [-0.15, -0.1) is 0 Å². The number of hydrogen-bond donors (Lipinski definition) is 1. The van der Waals surface area contributed by atoms with Crippen LogP contribution >= 0.6 is 0 Å². The summed E-state index contributed by atoms with van der Waals surface area (Å²) in [7, 11) is 0. The molecule has 3 aromatic rings. The van der Waals surface area contributed by atoms with Gasteiger partial charge in [0.1, 0.15) is 0 Å². The molecule has 2 aromatic heterocycles. The van der Waals surface area contributed by atoms with Gasteiger partial charge in [0, 0.05) is 17.3 Å². The van der Waals surface area contributed by atoms with Crippen molar-refractivity contribution in [3.05, 3.63) is 77.2 Å². The van der Waals surface area contributed by atoms with Gasteiger partial charge in [-0.3, -0.25) is 4.79 Å². The van der Waals surface area contributed by atoms with E-state index in [1.54, 1.807) is 30.5 Å². The summed E-state index contributed by atoms with van der Waals surface area (Å²) in [6, 6.07) is 14.4. The van der Waals surface area contributed by atoms with Gasteiger partial charge in [0.05, 0.1) is 29.6 Å². The molecule has 6 heteroatoms. The summed E-state index contributed by atoms with van der Waals surface area (Å²) in [5.41, 5.74) is 3.23. The van der Waals surface area contributed by atoms with Crippen LogP contribution in [0.5, 0.6) is 0 Å². The number of carbonyl (C=O) groups excluding carboxylic acids is 1. The molecule has 1 aliphatic carbocycles. The summed E-state index contributed by atoms with van der Waals surface area (Å²) in [5.74, 6) is 0.644. The number of fused-ring (bicyclic) bond motifs is 1. The lowest BCUT2D eigenvalue weighted by Gasteiger charge is -2.24. The molecule has 0 aliphatic heterocycles. The predicted molar refractivity (Wildman–Crippen MR) is 95.7 cm³/mol. The first-order valence-electron chi connectivity index (χ1n) is 8.55. The second-order valence-electron chi connectivity index (χ2n) is 6.25. The van der Waals surface area contributed by atoms with E-state index in [4.69, 9.17) is 5.26 Å². The zero-order valence-electron chi connectivity index (χ0n) is 14.1. The molecule has 1 N–H and O–H groups in total. The Morgan fingerprint density at radius 3 is 2.81 bits per heavy atom. The number of nitriles is 1. The van der Waals surface area contributed by atoms with Crippen LogP contribution in [0.3, 0.4) is 0 Å². The summed E-state index contributed by atoms with van der Waals surface area (Å²) in [5, 5.41) is 16.5. The molecule has 1 aliphatic rings. The SMILES string of the molecule is N#Cc1ccc(C(=O)N[C@H]2CCCc3c2cnn3-c2ccccn2)cc1. The van der Waals surface area contributed by atoms with Crippen LogP contribution in [0.2, 0.25) is 0 Å². The summed E-state index contributed by atoms with van der Waals surface area (Å²) in [4.78, 5) is 16.9. The summed E-state index contributed by atoms with van der Waals surface area (Å²) in [6.45, 7) is 0. The van der Waals surface area contributed by atoms with Gasteiger partial charge < -0.3 is 5.32 Å². The number of nitrogens with zero attached hydrogens (tertiary/aromatic N) is 4. The molecule has 0 radical (unpaired) electrons. The van der Waals surface area contributed by atoms with Gasteiger partial charge in [-0.05, 0) is 55.7 Å². The van der Waals surface area contributed by atoms with Crippen molar-refractivity contribution < 1.29 is 4.79 Å². The molecule has 128 valence electrons. The van der Waals surface area contributed by atoms with Gasteiger partial charge in [0.15, 0.2) is 5.82 Å². The van der Waals surface area contributed by atoms with E-state index in [2.05, 4.69) is 21.5 Å². The van der Waals surface area contributed by atoms with E-state index >= 15 is 0 Å². The van der Waals surface area contributed by atoms with Crippen LogP contribution < -0.4 is 5.32 Å². The van der Waals surface area contributed by atoms with Crippen LogP contribution in [0.1, 0.15) is 46.1 Å². The number of carbonyl (C=O) groups is 1. The molecule has 4 rings (SSSR count). The molecule has 26 heavy (non-hydrogen) atoms. The summed E-state index contributed by atoms with van der Waals surface area (Å²) >= 11 is 0. The van der Waals surface area contributed by atoms with E-state index < -0.39 is 0 Å². The summed E-state index contributed by atoms with van der Waals surface area (Å²) < 4.78 is 1.86. The van der Waals surface area contributed by atoms with Crippen LogP contribution in [0.15, 0.2) is 54.9 Å². The Morgan fingerprint density at radius 1 is 1.23 bits per heavy atom. The third-order valence-electron chi connectivity index (χ3n) is 4.63. The predicted octanol–water partition coefficient (Wildman–Crippen LogP) is 2.95. The lowest BCUT2D eigenvalue weighted by Crippen LogP contribution is -2.31. The highest BCUT2D eigenvalue weighted by molar-refractivity contribution is 5.94. The molecule has 0 bridgehead atoms. The van der Waals surface area contributed by atoms with Crippen molar-refractivity contribution in [2.24, 2.45) is 0 Å². The number of pyridine rings is 1. The van der Waals surface area contributed by atoms with Gasteiger partial charge >= 0.3 is 0 Å². The number of hydrogen-bond acceptors (Lipinski definition) is 4. The second-order valence-corrected chi connectivity index (χ2v) is 6.25. The standard InChI is InChI=1S/C20H17N5O/c21-12-14-7-9-15(10-8-14)20(26)24-17-4-3-5-18-16(17)13-23-25(18)19-6-1-2-11-22-19/h1-2,6-11,13,17H,3-5H2,(H,24,26)/t17-/m0/s1. The maximum absolute atomic E-state index is 12.6. The van der Waals surface area contributed by atoms with Crippen molar-refractivity contribution in [2.45, 2.75) is 25.3 Å². The molecule has 1 atom stereocenters. The Morgan fingerprint density at radius 2 is 2.08 bits per heavy atom. The van der Waals surface area contributed by atoms with Gasteiger partial charge in [0.25, 0.3) is 5.91 Å². The van der Waals surface area contributed by atoms with E-state index in [1.807, 2.05) is 29.1 Å². The first-order valence-corrected chi connectivity index (χ1v) is 8.55. The van der Waals surface area contributed by atoms with E-state index in [0.29, 0.717) is 11.1 Å². The highest BCUT2D eigenvalue weighted by Gasteiger charge is 2.26. The lowest BCUT2D eigenvalue weighted by atomic mass is 9.92. The minimum atomic E-state index is -0.141. The van der Waals surface area contributed by atoms with E-state index in [9.17, 15) is 4.79 Å². The third kappa shape index (κ3) is 2.95. The van der Waals surface area contributed by atoms with E-state index in [0.717, 1.165) is 36.3 Å². The molecule has 1 aromatic carbocycles. The highest BCUT2D eigenvalue weighted by atomic mass is 16.1. The zero-order chi connectivity index (χ0) is 17.9. The number of amides is 1. The fraction of sp³-hybridized carbons (Fsp3) is 0.200. The average molecular weight is 343 g/mol. The van der Waals surface area contributed by atoms with Crippen molar-refractivity contribution in [3.63, 3.8) is 0 Å². The zero-order valence-corrected chi connectivity index (χ0v) is 14.1. The Hall–Kier alpha value is -3.46.